The average molecular weight is 349 g/mol. The normalized spacial score (nSPS) is 31.0. The van der Waals surface area contributed by atoms with Crippen molar-refractivity contribution in [3.63, 3.8) is 0 Å². The molecule has 2 aromatic carbocycles. The molecule has 2 aliphatic heterocycles. The summed E-state index contributed by atoms with van der Waals surface area (Å²) in [5.74, 6) is 1.02. The van der Waals surface area contributed by atoms with Gasteiger partial charge in [-0.2, -0.15) is 0 Å². The third kappa shape index (κ3) is 2.79. The Balaban J connectivity index is 1.40. The summed E-state index contributed by atoms with van der Waals surface area (Å²) in [6.07, 6.45) is 4.07. The number of benzene rings is 2. The Labute approximate surface area is 155 Å². The van der Waals surface area contributed by atoms with Crippen LogP contribution in [0.15, 0.2) is 48.5 Å². The molecule has 0 saturated carbocycles. The van der Waals surface area contributed by atoms with Gasteiger partial charge < -0.3 is 9.47 Å². The molecule has 4 unspecified atom stereocenters. The van der Waals surface area contributed by atoms with Gasteiger partial charge in [0.05, 0.1) is 0 Å². The molecule has 2 fully saturated rings. The van der Waals surface area contributed by atoms with E-state index in [4.69, 9.17) is 9.47 Å². The molecule has 3 nitrogen and oxygen atoms in total. The Morgan fingerprint density at radius 2 is 1.81 bits per heavy atom. The van der Waals surface area contributed by atoms with Crippen LogP contribution in [-0.2, 0) is 15.9 Å². The quantitative estimate of drug-likeness (QED) is 0.828. The highest BCUT2D eigenvalue weighted by Gasteiger charge is 2.48. The molecule has 26 heavy (non-hydrogen) atoms. The van der Waals surface area contributed by atoms with Crippen molar-refractivity contribution in [1.82, 2.24) is 4.90 Å². The molecule has 1 aliphatic carbocycles. The lowest BCUT2D eigenvalue weighted by atomic mass is 9.82. The fourth-order valence-corrected chi connectivity index (χ4v) is 5.24. The van der Waals surface area contributed by atoms with Crippen molar-refractivity contribution in [2.45, 2.75) is 50.4 Å². The van der Waals surface area contributed by atoms with Crippen LogP contribution in [0.1, 0.15) is 46.9 Å². The Morgan fingerprint density at radius 1 is 1.00 bits per heavy atom. The molecule has 0 amide bonds. The van der Waals surface area contributed by atoms with Crippen LogP contribution in [0.4, 0.5) is 0 Å². The van der Waals surface area contributed by atoms with Gasteiger partial charge in [-0.05, 0) is 54.4 Å². The molecule has 2 heterocycles. The van der Waals surface area contributed by atoms with Crippen molar-refractivity contribution >= 4 is 0 Å². The molecular weight excluding hydrogens is 322 g/mol. The molecule has 4 atom stereocenters. The van der Waals surface area contributed by atoms with Crippen molar-refractivity contribution in [3.8, 4) is 0 Å². The second kappa shape index (κ2) is 6.80. The predicted octanol–water partition coefficient (Wildman–Crippen LogP) is 4.21. The highest BCUT2D eigenvalue weighted by molar-refractivity contribution is 5.34. The van der Waals surface area contributed by atoms with Gasteiger partial charge in [0.2, 0.25) is 0 Å². The number of fused-ring (bicyclic) bond motifs is 2. The van der Waals surface area contributed by atoms with E-state index in [1.165, 1.54) is 30.4 Å². The Bertz CT molecular complexity index is 789. The van der Waals surface area contributed by atoms with Gasteiger partial charge in [0.1, 0.15) is 19.1 Å². The van der Waals surface area contributed by atoms with Gasteiger partial charge in [0.15, 0.2) is 0 Å². The van der Waals surface area contributed by atoms with Crippen molar-refractivity contribution in [1.29, 1.82) is 0 Å². The summed E-state index contributed by atoms with van der Waals surface area (Å²) >= 11 is 0. The first-order valence-corrected chi connectivity index (χ1v) is 9.92. The third-order valence-corrected chi connectivity index (χ3v) is 6.50. The van der Waals surface area contributed by atoms with Crippen LogP contribution in [0.2, 0.25) is 0 Å². The third-order valence-electron chi connectivity index (χ3n) is 6.50. The number of hydrogen-bond acceptors (Lipinski definition) is 3. The molecule has 0 N–H and O–H groups in total. The fraction of sp³-hybridized carbons (Fsp3) is 0.478. The van der Waals surface area contributed by atoms with Crippen molar-refractivity contribution in [2.24, 2.45) is 0 Å². The van der Waals surface area contributed by atoms with Gasteiger partial charge in [-0.3, -0.25) is 4.90 Å². The van der Waals surface area contributed by atoms with Crippen LogP contribution in [-0.4, -0.2) is 37.1 Å². The second-order valence-electron chi connectivity index (χ2n) is 8.01. The molecule has 5 rings (SSSR count). The van der Waals surface area contributed by atoms with E-state index in [0.717, 1.165) is 13.1 Å². The lowest BCUT2D eigenvalue weighted by Gasteiger charge is -2.31. The van der Waals surface area contributed by atoms with E-state index in [2.05, 4.69) is 60.4 Å². The number of aryl methyl sites for hydroxylation is 2. The first-order valence-electron chi connectivity index (χ1n) is 9.92. The van der Waals surface area contributed by atoms with Gasteiger partial charge in [-0.25, -0.2) is 0 Å². The molecule has 136 valence electrons. The summed E-state index contributed by atoms with van der Waals surface area (Å²) in [5.41, 5.74) is 5.86. The minimum Gasteiger partial charge on any atom is -0.347 e. The zero-order chi connectivity index (χ0) is 17.5. The van der Waals surface area contributed by atoms with E-state index in [1.807, 2.05) is 0 Å². The SMILES string of the molecule is Cc1ccccc1C1CN(CC2CCCc3ccccc32)C2OCOC12. The highest BCUT2D eigenvalue weighted by Crippen LogP contribution is 2.41. The number of hydrogen-bond donors (Lipinski definition) is 0. The molecule has 0 aromatic heterocycles. The smallest absolute Gasteiger partial charge is 0.149 e. The summed E-state index contributed by atoms with van der Waals surface area (Å²) in [4.78, 5) is 2.54. The number of nitrogens with zero attached hydrogens (tertiary/aromatic N) is 1. The average Bonchev–Trinajstić information content (AvgIpc) is 3.27. The van der Waals surface area contributed by atoms with Crippen LogP contribution in [0.5, 0.6) is 0 Å². The van der Waals surface area contributed by atoms with Crippen molar-refractivity contribution < 1.29 is 9.47 Å². The largest absolute Gasteiger partial charge is 0.347 e. The maximum atomic E-state index is 6.02. The van der Waals surface area contributed by atoms with Gasteiger partial charge in [-0.15, -0.1) is 0 Å². The van der Waals surface area contributed by atoms with Gasteiger partial charge in [-0.1, -0.05) is 48.5 Å². The van der Waals surface area contributed by atoms with Crippen molar-refractivity contribution in [2.75, 3.05) is 19.9 Å². The molecule has 3 aliphatic rings. The molecule has 0 radical (unpaired) electrons. The Hall–Kier alpha value is -1.68. The van der Waals surface area contributed by atoms with Crippen LogP contribution in [0, 0.1) is 6.92 Å². The first kappa shape index (κ1) is 16.5. The number of rotatable bonds is 3. The fourth-order valence-electron chi connectivity index (χ4n) is 5.24. The van der Waals surface area contributed by atoms with Crippen LogP contribution in [0.3, 0.4) is 0 Å². The molecule has 2 saturated heterocycles. The summed E-state index contributed by atoms with van der Waals surface area (Å²) < 4.78 is 12.0. The summed E-state index contributed by atoms with van der Waals surface area (Å²) in [6, 6.07) is 17.7. The Morgan fingerprint density at radius 3 is 2.69 bits per heavy atom. The number of likely N-dealkylation sites (tertiary alicyclic amines) is 1. The van der Waals surface area contributed by atoms with E-state index in [0.29, 0.717) is 18.6 Å². The first-order chi connectivity index (χ1) is 12.8. The van der Waals surface area contributed by atoms with Crippen molar-refractivity contribution in [3.05, 3.63) is 70.8 Å². The van der Waals surface area contributed by atoms with E-state index in [1.54, 1.807) is 11.1 Å². The van der Waals surface area contributed by atoms with Crippen LogP contribution in [0.25, 0.3) is 0 Å². The van der Waals surface area contributed by atoms with E-state index >= 15 is 0 Å². The Kier molecular flexibility index (Phi) is 4.32. The standard InChI is InChI=1S/C23H27NO2/c1-16-7-2-4-11-19(16)21-14-24(23-22(21)25-15-26-23)13-18-10-6-9-17-8-3-5-12-20(17)18/h2-5,7-8,11-12,18,21-23H,6,9-10,13-15H2,1H3. The predicted molar refractivity (Wildman–Crippen MR) is 102 cm³/mol. The molecule has 3 heteroatoms. The van der Waals surface area contributed by atoms with E-state index in [-0.39, 0.29) is 12.3 Å². The minimum atomic E-state index is 0.105. The number of ether oxygens (including phenoxy) is 2. The van der Waals surface area contributed by atoms with Crippen LogP contribution < -0.4 is 0 Å². The maximum absolute atomic E-state index is 6.02. The maximum Gasteiger partial charge on any atom is 0.149 e. The molecule has 0 bridgehead atoms. The zero-order valence-corrected chi connectivity index (χ0v) is 15.4. The lowest BCUT2D eigenvalue weighted by Crippen LogP contribution is -2.37. The second-order valence-corrected chi connectivity index (χ2v) is 8.01. The molecular formula is C23H27NO2. The van der Waals surface area contributed by atoms with Crippen LogP contribution >= 0.6 is 0 Å². The van der Waals surface area contributed by atoms with Gasteiger partial charge in [0.25, 0.3) is 0 Å². The summed E-state index contributed by atoms with van der Waals surface area (Å²) in [5, 5.41) is 0. The summed E-state index contributed by atoms with van der Waals surface area (Å²) in [7, 11) is 0. The topological polar surface area (TPSA) is 21.7 Å². The zero-order valence-electron chi connectivity index (χ0n) is 15.4. The minimum absolute atomic E-state index is 0.105. The van der Waals surface area contributed by atoms with Gasteiger partial charge in [0, 0.05) is 19.0 Å². The molecule has 2 aromatic rings. The van der Waals surface area contributed by atoms with E-state index in [9.17, 15) is 0 Å². The summed E-state index contributed by atoms with van der Waals surface area (Å²) in [6.45, 7) is 4.73. The van der Waals surface area contributed by atoms with E-state index < -0.39 is 0 Å². The molecule has 0 spiro atoms. The monoisotopic (exact) mass is 349 g/mol. The highest BCUT2D eigenvalue weighted by atomic mass is 16.7. The lowest BCUT2D eigenvalue weighted by molar-refractivity contribution is -0.0231. The van der Waals surface area contributed by atoms with Gasteiger partial charge >= 0.3 is 0 Å².